The number of carbonyl (C=O) groups excluding carboxylic acids is 1. The van der Waals surface area contributed by atoms with Gasteiger partial charge in [0.1, 0.15) is 5.82 Å². The average molecular weight is 285 g/mol. The molecule has 2 aromatic rings. The van der Waals surface area contributed by atoms with Gasteiger partial charge in [0.05, 0.1) is 0 Å². The first kappa shape index (κ1) is 14.9. The molecule has 110 valence electrons. The second-order valence-corrected chi connectivity index (χ2v) is 4.95. The topological polar surface area (TPSA) is 93.8 Å². The number of anilines is 2. The molecule has 21 heavy (non-hydrogen) atoms. The molecule has 0 aliphatic heterocycles. The van der Waals surface area contributed by atoms with Crippen LogP contribution in [0.25, 0.3) is 0 Å². The summed E-state index contributed by atoms with van der Waals surface area (Å²) in [6.45, 7) is 5.76. The van der Waals surface area contributed by atoms with E-state index in [0.29, 0.717) is 17.3 Å². The van der Waals surface area contributed by atoms with Crippen LogP contribution >= 0.6 is 0 Å². The van der Waals surface area contributed by atoms with Gasteiger partial charge in [-0.3, -0.25) is 10.1 Å². The van der Waals surface area contributed by atoms with Crippen molar-refractivity contribution in [2.24, 2.45) is 0 Å². The smallest absolute Gasteiger partial charge is 0.258 e. The molecule has 0 radical (unpaired) electrons. The SMILES string of the molecule is CCCc1cc(C(=O)Nc2nc(C)cc(C)n2)cc(N)n1. The lowest BCUT2D eigenvalue weighted by Crippen LogP contribution is -2.16. The molecule has 2 heterocycles. The second-order valence-electron chi connectivity index (χ2n) is 4.95. The highest BCUT2D eigenvalue weighted by atomic mass is 16.1. The standard InChI is InChI=1S/C15H19N5O/c1-4-5-12-7-11(8-13(16)19-12)14(21)20-15-17-9(2)6-10(3)18-15/h6-8H,4-5H2,1-3H3,(H2,16,19)(H,17,18,20,21). The van der Waals surface area contributed by atoms with Gasteiger partial charge < -0.3 is 5.73 Å². The summed E-state index contributed by atoms with van der Waals surface area (Å²) >= 11 is 0. The molecule has 0 saturated heterocycles. The third-order valence-electron chi connectivity index (χ3n) is 2.87. The highest BCUT2D eigenvalue weighted by Crippen LogP contribution is 2.12. The van der Waals surface area contributed by atoms with Crippen molar-refractivity contribution in [2.75, 3.05) is 11.1 Å². The number of hydrogen-bond donors (Lipinski definition) is 2. The molecule has 6 heteroatoms. The lowest BCUT2D eigenvalue weighted by molar-refractivity contribution is 0.102. The Bertz CT molecular complexity index is 649. The van der Waals surface area contributed by atoms with Gasteiger partial charge in [-0.05, 0) is 38.5 Å². The van der Waals surface area contributed by atoms with E-state index in [9.17, 15) is 4.79 Å². The van der Waals surface area contributed by atoms with Crippen molar-refractivity contribution in [3.05, 3.63) is 40.8 Å². The lowest BCUT2D eigenvalue weighted by Gasteiger charge is -2.07. The van der Waals surface area contributed by atoms with Crippen LogP contribution in [0, 0.1) is 13.8 Å². The molecule has 0 unspecified atom stereocenters. The Morgan fingerprint density at radius 3 is 2.43 bits per heavy atom. The number of nitrogens with two attached hydrogens (primary N) is 1. The van der Waals surface area contributed by atoms with Crippen LogP contribution in [0.4, 0.5) is 11.8 Å². The highest BCUT2D eigenvalue weighted by Gasteiger charge is 2.11. The molecular weight excluding hydrogens is 266 g/mol. The van der Waals surface area contributed by atoms with Crippen molar-refractivity contribution < 1.29 is 4.79 Å². The number of amides is 1. The van der Waals surface area contributed by atoms with Gasteiger partial charge >= 0.3 is 0 Å². The molecule has 2 aromatic heterocycles. The van der Waals surface area contributed by atoms with E-state index in [-0.39, 0.29) is 5.91 Å². The molecule has 0 spiro atoms. The molecule has 6 nitrogen and oxygen atoms in total. The zero-order valence-corrected chi connectivity index (χ0v) is 12.5. The number of carbonyl (C=O) groups is 1. The summed E-state index contributed by atoms with van der Waals surface area (Å²) < 4.78 is 0. The van der Waals surface area contributed by atoms with Gasteiger partial charge in [-0.2, -0.15) is 0 Å². The third kappa shape index (κ3) is 3.98. The molecule has 0 aromatic carbocycles. The quantitative estimate of drug-likeness (QED) is 0.898. The van der Waals surface area contributed by atoms with E-state index in [0.717, 1.165) is 29.9 Å². The summed E-state index contributed by atoms with van der Waals surface area (Å²) in [5.41, 5.74) is 8.63. The minimum absolute atomic E-state index is 0.286. The number of nitrogens with zero attached hydrogens (tertiary/aromatic N) is 3. The van der Waals surface area contributed by atoms with Crippen molar-refractivity contribution in [3.8, 4) is 0 Å². The van der Waals surface area contributed by atoms with E-state index in [1.807, 2.05) is 26.8 Å². The molecule has 0 fully saturated rings. The first-order valence-electron chi connectivity index (χ1n) is 6.88. The maximum absolute atomic E-state index is 12.3. The zero-order valence-electron chi connectivity index (χ0n) is 12.5. The Hall–Kier alpha value is -2.50. The number of nitrogen functional groups attached to an aromatic ring is 1. The Morgan fingerprint density at radius 2 is 1.81 bits per heavy atom. The van der Waals surface area contributed by atoms with Crippen LogP contribution in [0.1, 0.15) is 40.8 Å². The maximum atomic E-state index is 12.3. The van der Waals surface area contributed by atoms with E-state index >= 15 is 0 Å². The van der Waals surface area contributed by atoms with Crippen LogP contribution in [0.3, 0.4) is 0 Å². The van der Waals surface area contributed by atoms with Crippen LogP contribution < -0.4 is 11.1 Å². The lowest BCUT2D eigenvalue weighted by atomic mass is 10.1. The number of nitrogens with one attached hydrogen (secondary N) is 1. The highest BCUT2D eigenvalue weighted by molar-refractivity contribution is 6.03. The van der Waals surface area contributed by atoms with E-state index in [2.05, 4.69) is 20.3 Å². The number of aryl methyl sites for hydroxylation is 3. The average Bonchev–Trinajstić information content (AvgIpc) is 2.37. The third-order valence-corrected chi connectivity index (χ3v) is 2.87. The first-order chi connectivity index (χ1) is 9.97. The van der Waals surface area contributed by atoms with Crippen molar-refractivity contribution >= 4 is 17.7 Å². The van der Waals surface area contributed by atoms with Crippen LogP contribution in [0.5, 0.6) is 0 Å². The van der Waals surface area contributed by atoms with Gasteiger partial charge in [0.2, 0.25) is 5.95 Å². The van der Waals surface area contributed by atoms with Gasteiger partial charge in [-0.1, -0.05) is 13.3 Å². The Morgan fingerprint density at radius 1 is 1.14 bits per heavy atom. The molecule has 3 N–H and O–H groups in total. The minimum atomic E-state index is -0.286. The summed E-state index contributed by atoms with van der Waals surface area (Å²) in [5, 5.41) is 2.69. The fourth-order valence-corrected chi connectivity index (χ4v) is 2.08. The molecular formula is C15H19N5O. The summed E-state index contributed by atoms with van der Waals surface area (Å²) in [6.07, 6.45) is 1.73. The van der Waals surface area contributed by atoms with Crippen molar-refractivity contribution in [1.29, 1.82) is 0 Å². The molecule has 0 bridgehead atoms. The second kappa shape index (κ2) is 6.30. The number of rotatable bonds is 4. The Balaban J connectivity index is 2.23. The molecule has 1 amide bonds. The van der Waals surface area contributed by atoms with Gasteiger partial charge in [-0.25, -0.2) is 15.0 Å². The summed E-state index contributed by atoms with van der Waals surface area (Å²) in [5.74, 6) is 0.351. The maximum Gasteiger partial charge on any atom is 0.258 e. The van der Waals surface area contributed by atoms with Crippen molar-refractivity contribution in [2.45, 2.75) is 33.6 Å². The fraction of sp³-hybridized carbons (Fsp3) is 0.333. The van der Waals surface area contributed by atoms with E-state index in [1.165, 1.54) is 0 Å². The molecule has 0 saturated carbocycles. The predicted octanol–water partition coefficient (Wildman–Crippen LogP) is 2.28. The molecule has 2 rings (SSSR count). The summed E-state index contributed by atoms with van der Waals surface area (Å²) in [7, 11) is 0. The Labute approximate surface area is 123 Å². The number of aromatic nitrogens is 3. The first-order valence-corrected chi connectivity index (χ1v) is 6.88. The normalized spacial score (nSPS) is 10.4. The van der Waals surface area contributed by atoms with E-state index in [4.69, 9.17) is 5.73 Å². The van der Waals surface area contributed by atoms with Gasteiger partial charge in [-0.15, -0.1) is 0 Å². The predicted molar refractivity (Wildman–Crippen MR) is 82.1 cm³/mol. The molecule has 0 atom stereocenters. The Kier molecular flexibility index (Phi) is 4.47. The van der Waals surface area contributed by atoms with Gasteiger partial charge in [0.25, 0.3) is 5.91 Å². The van der Waals surface area contributed by atoms with Crippen LogP contribution in [0.2, 0.25) is 0 Å². The van der Waals surface area contributed by atoms with E-state index in [1.54, 1.807) is 12.1 Å². The minimum Gasteiger partial charge on any atom is -0.384 e. The number of hydrogen-bond acceptors (Lipinski definition) is 5. The van der Waals surface area contributed by atoms with Crippen molar-refractivity contribution in [3.63, 3.8) is 0 Å². The summed E-state index contributed by atoms with van der Waals surface area (Å²) in [6, 6.07) is 5.15. The fourth-order valence-electron chi connectivity index (χ4n) is 2.08. The summed E-state index contributed by atoms with van der Waals surface area (Å²) in [4.78, 5) is 24.9. The van der Waals surface area contributed by atoms with E-state index < -0.39 is 0 Å². The van der Waals surface area contributed by atoms with Crippen molar-refractivity contribution in [1.82, 2.24) is 15.0 Å². The number of pyridine rings is 1. The largest absolute Gasteiger partial charge is 0.384 e. The van der Waals surface area contributed by atoms with Gasteiger partial charge in [0.15, 0.2) is 0 Å². The zero-order chi connectivity index (χ0) is 15.4. The molecule has 0 aliphatic carbocycles. The van der Waals surface area contributed by atoms with Crippen LogP contribution in [-0.4, -0.2) is 20.9 Å². The van der Waals surface area contributed by atoms with Crippen LogP contribution in [-0.2, 0) is 6.42 Å². The monoisotopic (exact) mass is 285 g/mol. The van der Waals surface area contributed by atoms with Gasteiger partial charge in [0, 0.05) is 22.6 Å². The molecule has 0 aliphatic rings. The van der Waals surface area contributed by atoms with Crippen LogP contribution in [0.15, 0.2) is 18.2 Å².